The fourth-order valence-corrected chi connectivity index (χ4v) is 4.31. The van der Waals surface area contributed by atoms with E-state index in [-0.39, 0.29) is 17.9 Å². The number of thiazole rings is 1. The van der Waals surface area contributed by atoms with E-state index < -0.39 is 21.7 Å². The van der Waals surface area contributed by atoms with Gasteiger partial charge in [0.2, 0.25) is 0 Å². The molecule has 9 heteroatoms. The molecule has 0 unspecified atom stereocenters. The maximum Gasteiger partial charge on any atom is 0.325 e. The summed E-state index contributed by atoms with van der Waals surface area (Å²) in [4.78, 5) is 29.0. The molecule has 0 fully saturated rings. The molecule has 0 aliphatic heterocycles. The molecule has 28 heavy (non-hydrogen) atoms. The van der Waals surface area contributed by atoms with Gasteiger partial charge in [-0.25, -0.2) is 8.42 Å². The Morgan fingerprint density at radius 2 is 1.79 bits per heavy atom. The topological polar surface area (TPSA) is 94.8 Å². The number of amides is 1. The summed E-state index contributed by atoms with van der Waals surface area (Å²) in [6.07, 6.45) is 1.15. The number of ether oxygens (including phenoxy) is 1. The highest BCUT2D eigenvalue weighted by Crippen LogP contribution is 2.17. The zero-order valence-electron chi connectivity index (χ0n) is 15.3. The van der Waals surface area contributed by atoms with Crippen molar-refractivity contribution < 1.29 is 22.7 Å². The van der Waals surface area contributed by atoms with E-state index in [1.54, 1.807) is 16.7 Å². The largest absolute Gasteiger partial charge is 0.468 e. The van der Waals surface area contributed by atoms with Crippen LogP contribution >= 0.6 is 11.3 Å². The van der Waals surface area contributed by atoms with Crippen molar-refractivity contribution in [1.82, 2.24) is 4.57 Å². The molecule has 3 aromatic rings. The zero-order chi connectivity index (χ0) is 20.3. The number of sulfone groups is 1. The molecule has 1 aromatic heterocycles. The van der Waals surface area contributed by atoms with Crippen LogP contribution in [-0.4, -0.2) is 38.2 Å². The van der Waals surface area contributed by atoms with Crippen molar-refractivity contribution in [2.24, 2.45) is 4.99 Å². The average molecular weight is 418 g/mol. The van der Waals surface area contributed by atoms with Gasteiger partial charge in [-0.15, -0.1) is 0 Å². The van der Waals surface area contributed by atoms with Crippen LogP contribution in [0, 0.1) is 0 Å². The Kier molecular flexibility index (Phi) is 5.76. The number of rotatable bonds is 5. The van der Waals surface area contributed by atoms with Crippen molar-refractivity contribution >= 4 is 43.3 Å². The molecule has 0 atom stereocenters. The highest BCUT2D eigenvalue weighted by molar-refractivity contribution is 7.90. The lowest BCUT2D eigenvalue weighted by Crippen LogP contribution is -2.22. The van der Waals surface area contributed by atoms with E-state index >= 15 is 0 Å². The predicted octanol–water partition coefficient (Wildman–Crippen LogP) is 1.95. The van der Waals surface area contributed by atoms with Gasteiger partial charge in [-0.05, 0) is 29.8 Å². The van der Waals surface area contributed by atoms with Gasteiger partial charge in [0.1, 0.15) is 6.54 Å². The number of fused-ring (bicyclic) bond motifs is 1. The molecule has 0 saturated carbocycles. The number of para-hydroxylation sites is 1. The molecule has 0 bridgehead atoms. The summed E-state index contributed by atoms with van der Waals surface area (Å²) in [5, 5.41) is 0. The van der Waals surface area contributed by atoms with Gasteiger partial charge < -0.3 is 9.30 Å². The summed E-state index contributed by atoms with van der Waals surface area (Å²) in [5.74, 6) is -0.828. The van der Waals surface area contributed by atoms with Crippen LogP contribution < -0.4 is 4.80 Å². The summed E-state index contributed by atoms with van der Waals surface area (Å²) in [5.41, 5.74) is 1.45. The zero-order valence-corrected chi connectivity index (χ0v) is 16.9. The number of esters is 1. The first-order valence-corrected chi connectivity index (χ1v) is 11.0. The van der Waals surface area contributed by atoms with E-state index in [9.17, 15) is 18.0 Å². The van der Waals surface area contributed by atoms with Gasteiger partial charge in [0, 0.05) is 6.26 Å². The summed E-state index contributed by atoms with van der Waals surface area (Å²) in [7, 11) is -1.98. The first kappa shape index (κ1) is 20.0. The highest BCUT2D eigenvalue weighted by Gasteiger charge is 2.12. The molecule has 2 aromatic carbocycles. The van der Waals surface area contributed by atoms with Crippen LogP contribution in [0.15, 0.2) is 58.4 Å². The van der Waals surface area contributed by atoms with Crippen molar-refractivity contribution in [3.63, 3.8) is 0 Å². The smallest absolute Gasteiger partial charge is 0.325 e. The molecular formula is C19H18N2O5S2. The molecule has 7 nitrogen and oxygen atoms in total. The van der Waals surface area contributed by atoms with Gasteiger partial charge >= 0.3 is 5.97 Å². The highest BCUT2D eigenvalue weighted by atomic mass is 32.2. The van der Waals surface area contributed by atoms with Crippen molar-refractivity contribution in [1.29, 1.82) is 0 Å². The standard InChI is InChI=1S/C19H18N2O5S2/c1-26-18(23)12-21-15-5-3-4-6-16(15)27-19(21)20-17(22)11-13-7-9-14(10-8-13)28(2,24)25/h3-10H,11-12H2,1-2H3. The van der Waals surface area contributed by atoms with Gasteiger partial charge in [0.15, 0.2) is 14.6 Å². The maximum atomic E-state index is 12.4. The van der Waals surface area contributed by atoms with Gasteiger partial charge in [0.05, 0.1) is 28.6 Å². The van der Waals surface area contributed by atoms with Crippen LogP contribution in [0.2, 0.25) is 0 Å². The van der Waals surface area contributed by atoms with Gasteiger partial charge in [0.25, 0.3) is 5.91 Å². The third-order valence-electron chi connectivity index (χ3n) is 4.03. The minimum atomic E-state index is -3.28. The van der Waals surface area contributed by atoms with Crippen molar-refractivity contribution in [3.05, 3.63) is 58.9 Å². The molecule has 146 valence electrons. The van der Waals surface area contributed by atoms with E-state index in [2.05, 4.69) is 4.99 Å². The average Bonchev–Trinajstić information content (AvgIpc) is 2.98. The first-order valence-electron chi connectivity index (χ1n) is 8.29. The van der Waals surface area contributed by atoms with Crippen LogP contribution in [0.25, 0.3) is 10.2 Å². The minimum Gasteiger partial charge on any atom is -0.468 e. The second-order valence-electron chi connectivity index (χ2n) is 6.11. The molecule has 1 heterocycles. The number of hydrogen-bond donors (Lipinski definition) is 0. The molecular weight excluding hydrogens is 400 g/mol. The molecule has 0 aliphatic rings. The summed E-state index contributed by atoms with van der Waals surface area (Å²) >= 11 is 1.31. The molecule has 0 aliphatic carbocycles. The van der Waals surface area contributed by atoms with Gasteiger partial charge in [-0.1, -0.05) is 35.6 Å². The third-order valence-corrected chi connectivity index (χ3v) is 6.22. The summed E-state index contributed by atoms with van der Waals surface area (Å²) in [6.45, 7) is -0.0459. The Morgan fingerprint density at radius 1 is 1.11 bits per heavy atom. The van der Waals surface area contributed by atoms with Gasteiger partial charge in [-0.2, -0.15) is 4.99 Å². The molecule has 0 N–H and O–H groups in total. The van der Waals surface area contributed by atoms with E-state index in [0.717, 1.165) is 16.5 Å². The van der Waals surface area contributed by atoms with Crippen molar-refractivity contribution in [3.8, 4) is 0 Å². The number of carbonyl (C=O) groups is 2. The van der Waals surface area contributed by atoms with Crippen LogP contribution in [0.5, 0.6) is 0 Å². The number of aromatic nitrogens is 1. The van der Waals surface area contributed by atoms with Crippen molar-refractivity contribution in [2.45, 2.75) is 17.9 Å². The maximum absolute atomic E-state index is 12.4. The van der Waals surface area contributed by atoms with Crippen LogP contribution in [-0.2, 0) is 37.1 Å². The first-order chi connectivity index (χ1) is 13.3. The molecule has 0 spiro atoms. The minimum absolute atomic E-state index is 0.0243. The number of benzene rings is 2. The Hall–Kier alpha value is -2.78. The fraction of sp³-hybridized carbons (Fsp3) is 0.211. The molecule has 0 saturated heterocycles. The van der Waals surface area contributed by atoms with E-state index in [0.29, 0.717) is 10.4 Å². The second-order valence-corrected chi connectivity index (χ2v) is 9.14. The SMILES string of the molecule is COC(=O)Cn1c(=NC(=O)Cc2ccc(S(C)(=O)=O)cc2)sc2ccccc21. The molecule has 0 radical (unpaired) electrons. The van der Waals surface area contributed by atoms with Crippen LogP contribution in [0.4, 0.5) is 0 Å². The Bertz CT molecular complexity index is 1210. The lowest BCUT2D eigenvalue weighted by molar-refractivity contribution is -0.141. The normalized spacial score (nSPS) is 12.3. The summed E-state index contributed by atoms with van der Waals surface area (Å²) in [6, 6.07) is 13.6. The second kappa shape index (κ2) is 8.07. The van der Waals surface area contributed by atoms with Crippen molar-refractivity contribution in [2.75, 3.05) is 13.4 Å². The number of nitrogens with zero attached hydrogens (tertiary/aromatic N) is 2. The fourth-order valence-electron chi connectivity index (χ4n) is 2.63. The number of carbonyl (C=O) groups excluding carboxylic acids is 2. The number of hydrogen-bond acceptors (Lipinski definition) is 6. The number of methoxy groups -OCH3 is 1. The summed E-state index contributed by atoms with van der Waals surface area (Å²) < 4.78 is 30.3. The molecule has 1 amide bonds. The predicted molar refractivity (Wildman–Crippen MR) is 106 cm³/mol. The van der Waals surface area contributed by atoms with Crippen LogP contribution in [0.1, 0.15) is 5.56 Å². The van der Waals surface area contributed by atoms with Gasteiger partial charge in [-0.3, -0.25) is 9.59 Å². The Morgan fingerprint density at radius 3 is 2.43 bits per heavy atom. The quantitative estimate of drug-likeness (QED) is 0.590. The lowest BCUT2D eigenvalue weighted by atomic mass is 10.1. The van der Waals surface area contributed by atoms with Crippen LogP contribution in [0.3, 0.4) is 0 Å². The Labute approximate surface area is 165 Å². The van der Waals surface area contributed by atoms with E-state index in [1.165, 1.54) is 30.6 Å². The van der Waals surface area contributed by atoms with E-state index in [1.807, 2.05) is 24.3 Å². The Balaban J connectivity index is 1.92. The lowest BCUT2D eigenvalue weighted by Gasteiger charge is -2.03. The van der Waals surface area contributed by atoms with E-state index in [4.69, 9.17) is 4.74 Å². The monoisotopic (exact) mass is 418 g/mol. The molecule has 3 rings (SSSR count). The third kappa shape index (κ3) is 4.55.